The molecule has 1 aromatic rings. The predicted octanol–water partition coefficient (Wildman–Crippen LogP) is 2.66. The SMILES string of the molecule is C/C=C(/C=C(\C)Oc1ccc(F)cc1F)C(=N/CNCC(C)(C)O)\NC=O. The van der Waals surface area contributed by atoms with Gasteiger partial charge in [-0.3, -0.25) is 15.1 Å². The Morgan fingerprint density at radius 2 is 2.07 bits per heavy atom. The highest BCUT2D eigenvalue weighted by Gasteiger charge is 2.11. The summed E-state index contributed by atoms with van der Waals surface area (Å²) in [5, 5.41) is 15.1. The summed E-state index contributed by atoms with van der Waals surface area (Å²) in [4.78, 5) is 15.1. The molecular formula is C19H25F2N3O3. The number of ether oxygens (including phenoxy) is 1. The molecule has 0 unspecified atom stereocenters. The number of aliphatic hydroxyl groups is 1. The maximum absolute atomic E-state index is 13.7. The van der Waals surface area contributed by atoms with Crippen LogP contribution >= 0.6 is 0 Å². The number of aliphatic imine (C=N–C) groups is 1. The lowest BCUT2D eigenvalue weighted by Crippen LogP contribution is -2.35. The van der Waals surface area contributed by atoms with E-state index in [-0.39, 0.29) is 18.3 Å². The van der Waals surface area contributed by atoms with Crippen LogP contribution in [0.15, 0.2) is 46.7 Å². The molecule has 0 bridgehead atoms. The van der Waals surface area contributed by atoms with E-state index >= 15 is 0 Å². The minimum absolute atomic E-state index is 0.116. The first-order chi connectivity index (χ1) is 12.7. The summed E-state index contributed by atoms with van der Waals surface area (Å²) in [6.45, 7) is 7.13. The molecule has 0 aromatic heterocycles. The molecule has 0 radical (unpaired) electrons. The van der Waals surface area contributed by atoms with Crippen LogP contribution in [0.4, 0.5) is 8.78 Å². The fourth-order valence-electron chi connectivity index (χ4n) is 2.04. The van der Waals surface area contributed by atoms with Crippen LogP contribution in [0.3, 0.4) is 0 Å². The molecule has 0 heterocycles. The van der Waals surface area contributed by atoms with Crippen molar-refractivity contribution >= 4 is 12.2 Å². The van der Waals surface area contributed by atoms with E-state index in [0.29, 0.717) is 24.3 Å². The summed E-state index contributed by atoms with van der Waals surface area (Å²) in [6.07, 6.45) is 3.75. The smallest absolute Gasteiger partial charge is 0.212 e. The predicted molar refractivity (Wildman–Crippen MR) is 100 cm³/mol. The topological polar surface area (TPSA) is 82.9 Å². The van der Waals surface area contributed by atoms with Crippen molar-refractivity contribution < 1.29 is 23.4 Å². The van der Waals surface area contributed by atoms with Crippen LogP contribution in [0.5, 0.6) is 5.75 Å². The second kappa shape index (κ2) is 10.5. The number of nitrogens with zero attached hydrogens (tertiary/aromatic N) is 1. The van der Waals surface area contributed by atoms with Crippen molar-refractivity contribution in [3.8, 4) is 5.75 Å². The molecule has 1 rings (SSSR count). The second-order valence-corrected chi connectivity index (χ2v) is 6.34. The molecule has 0 aliphatic rings. The number of halogens is 2. The number of nitrogens with one attached hydrogen (secondary N) is 2. The molecule has 0 aliphatic heterocycles. The van der Waals surface area contributed by atoms with Gasteiger partial charge in [0.1, 0.15) is 17.4 Å². The van der Waals surface area contributed by atoms with Crippen LogP contribution < -0.4 is 15.4 Å². The van der Waals surface area contributed by atoms with Gasteiger partial charge in [0, 0.05) is 18.2 Å². The fraction of sp³-hybridized carbons (Fsp3) is 0.368. The molecule has 3 N–H and O–H groups in total. The van der Waals surface area contributed by atoms with Gasteiger partial charge in [-0.1, -0.05) is 6.08 Å². The van der Waals surface area contributed by atoms with Gasteiger partial charge >= 0.3 is 0 Å². The number of hydrogen-bond acceptors (Lipinski definition) is 5. The Kier molecular flexibility index (Phi) is 8.77. The zero-order chi connectivity index (χ0) is 20.4. The fourth-order valence-corrected chi connectivity index (χ4v) is 2.04. The van der Waals surface area contributed by atoms with Gasteiger partial charge in [0.15, 0.2) is 11.6 Å². The van der Waals surface area contributed by atoms with Crippen LogP contribution in [0.1, 0.15) is 27.7 Å². The van der Waals surface area contributed by atoms with Gasteiger partial charge in [0.05, 0.1) is 12.3 Å². The minimum atomic E-state index is -0.888. The van der Waals surface area contributed by atoms with E-state index in [9.17, 15) is 18.7 Å². The van der Waals surface area contributed by atoms with Crippen LogP contribution in [0, 0.1) is 11.6 Å². The normalized spacial score (nSPS) is 13.5. The Labute approximate surface area is 157 Å². The van der Waals surface area contributed by atoms with E-state index in [1.807, 2.05) is 0 Å². The summed E-state index contributed by atoms with van der Waals surface area (Å²) in [5.74, 6) is -1.04. The Morgan fingerprint density at radius 3 is 2.63 bits per heavy atom. The molecule has 0 fully saturated rings. The van der Waals surface area contributed by atoms with Crippen molar-refractivity contribution in [2.75, 3.05) is 13.2 Å². The third kappa shape index (κ3) is 8.57. The van der Waals surface area contributed by atoms with E-state index in [2.05, 4.69) is 15.6 Å². The number of amides is 1. The maximum atomic E-state index is 13.7. The highest BCUT2D eigenvalue weighted by Crippen LogP contribution is 2.20. The van der Waals surface area contributed by atoms with Gasteiger partial charge in [-0.2, -0.15) is 0 Å². The van der Waals surface area contributed by atoms with E-state index in [1.54, 1.807) is 39.8 Å². The monoisotopic (exact) mass is 381 g/mol. The van der Waals surface area contributed by atoms with Gasteiger partial charge in [-0.25, -0.2) is 8.78 Å². The van der Waals surface area contributed by atoms with Gasteiger partial charge in [-0.15, -0.1) is 0 Å². The number of amidine groups is 1. The number of benzene rings is 1. The molecule has 27 heavy (non-hydrogen) atoms. The summed E-state index contributed by atoms with van der Waals surface area (Å²) in [7, 11) is 0. The first-order valence-electron chi connectivity index (χ1n) is 8.32. The van der Waals surface area contributed by atoms with Crippen molar-refractivity contribution in [2.45, 2.75) is 33.3 Å². The lowest BCUT2D eigenvalue weighted by molar-refractivity contribution is -0.108. The van der Waals surface area contributed by atoms with Crippen LogP contribution in [-0.2, 0) is 4.79 Å². The van der Waals surface area contributed by atoms with Gasteiger partial charge in [0.25, 0.3) is 0 Å². The van der Waals surface area contributed by atoms with Crippen LogP contribution in [0.2, 0.25) is 0 Å². The Balaban J connectivity index is 2.89. The molecule has 1 aromatic carbocycles. The average molecular weight is 381 g/mol. The summed E-state index contributed by atoms with van der Waals surface area (Å²) >= 11 is 0. The molecule has 0 saturated heterocycles. The lowest BCUT2D eigenvalue weighted by atomic mass is 10.1. The molecule has 0 spiro atoms. The van der Waals surface area contributed by atoms with Gasteiger partial charge < -0.3 is 15.2 Å². The molecule has 0 atom stereocenters. The number of allylic oxidation sites excluding steroid dienone is 2. The number of hydrogen-bond donors (Lipinski definition) is 3. The molecule has 148 valence electrons. The van der Waals surface area contributed by atoms with Gasteiger partial charge in [-0.05, 0) is 45.9 Å². The van der Waals surface area contributed by atoms with E-state index in [4.69, 9.17) is 4.74 Å². The molecule has 0 saturated carbocycles. The van der Waals surface area contributed by atoms with Crippen molar-refractivity contribution in [1.82, 2.24) is 10.6 Å². The highest BCUT2D eigenvalue weighted by molar-refractivity contribution is 6.05. The third-order valence-corrected chi connectivity index (χ3v) is 3.21. The Bertz CT molecular complexity index is 738. The Morgan fingerprint density at radius 1 is 1.37 bits per heavy atom. The first kappa shape index (κ1) is 22.5. The summed E-state index contributed by atoms with van der Waals surface area (Å²) < 4.78 is 32.0. The molecule has 0 aliphatic carbocycles. The standard InChI is InChI=1S/C19H25F2N3O3/c1-5-14(18(24-12-25)23-11-22-10-19(3,4)26)8-13(2)27-17-7-6-15(20)9-16(17)21/h5-9,12,22,26H,10-11H2,1-4H3,(H,23,24,25)/b13-8+,14-5-. The quantitative estimate of drug-likeness (QED) is 0.153. The molecule has 1 amide bonds. The minimum Gasteiger partial charge on any atom is -0.459 e. The molecule has 8 heteroatoms. The lowest BCUT2D eigenvalue weighted by Gasteiger charge is -2.17. The number of rotatable bonds is 9. The summed E-state index contributed by atoms with van der Waals surface area (Å²) in [6, 6.07) is 3.02. The average Bonchev–Trinajstić information content (AvgIpc) is 2.57. The largest absolute Gasteiger partial charge is 0.459 e. The Hall–Kier alpha value is -2.58. The number of carbonyl (C=O) groups excluding carboxylic acids is 1. The van der Waals surface area contributed by atoms with Crippen molar-refractivity contribution in [2.24, 2.45) is 4.99 Å². The zero-order valence-electron chi connectivity index (χ0n) is 15.8. The van der Waals surface area contributed by atoms with Crippen molar-refractivity contribution in [3.63, 3.8) is 0 Å². The van der Waals surface area contributed by atoms with Crippen LogP contribution in [-0.4, -0.2) is 36.2 Å². The summed E-state index contributed by atoms with van der Waals surface area (Å²) in [5.41, 5.74) is -0.354. The highest BCUT2D eigenvalue weighted by atomic mass is 19.1. The second-order valence-electron chi connectivity index (χ2n) is 6.34. The van der Waals surface area contributed by atoms with E-state index in [0.717, 1.165) is 12.1 Å². The van der Waals surface area contributed by atoms with E-state index in [1.165, 1.54) is 6.07 Å². The van der Waals surface area contributed by atoms with Crippen molar-refractivity contribution in [1.29, 1.82) is 0 Å². The molecule has 6 nitrogen and oxygen atoms in total. The van der Waals surface area contributed by atoms with Gasteiger partial charge in [0.2, 0.25) is 6.41 Å². The van der Waals surface area contributed by atoms with Crippen molar-refractivity contribution in [3.05, 3.63) is 53.3 Å². The maximum Gasteiger partial charge on any atom is 0.212 e. The molecular weight excluding hydrogens is 356 g/mol. The van der Waals surface area contributed by atoms with E-state index < -0.39 is 17.2 Å². The zero-order valence-corrected chi connectivity index (χ0v) is 15.8. The number of carbonyl (C=O) groups is 1. The third-order valence-electron chi connectivity index (χ3n) is 3.21. The first-order valence-corrected chi connectivity index (χ1v) is 8.32. The van der Waals surface area contributed by atoms with Crippen LogP contribution in [0.25, 0.3) is 0 Å².